The largest absolute Gasteiger partial charge is 0.744 e. The maximum absolute atomic E-state index is 13.0. The normalized spacial score (nSPS) is 11.8. The number of carbonyl (C=O) groups excluding carboxylic acids is 2. The number of fused-ring (bicyclic) bond motifs is 2. The molecule has 14 heteroatoms. The van der Waals surface area contributed by atoms with Crippen LogP contribution in [-0.2, 0) is 21.3 Å². The summed E-state index contributed by atoms with van der Waals surface area (Å²) in [4.78, 5) is 23.5. The van der Waals surface area contributed by atoms with Crippen molar-refractivity contribution in [2.45, 2.75) is 25.2 Å². The second kappa shape index (κ2) is 14.2. The summed E-state index contributed by atoms with van der Waals surface area (Å²) in [5.41, 5.74) is 2.80. The molecule has 0 saturated carbocycles. The number of amides is 2. The average molecular weight is 702 g/mol. The Morgan fingerprint density at radius 1 is 0.686 bits per heavy atom. The summed E-state index contributed by atoms with van der Waals surface area (Å²) in [5, 5.41) is 45.0. The third-order valence-electron chi connectivity index (χ3n) is 7.79. The van der Waals surface area contributed by atoms with Crippen molar-refractivity contribution in [1.82, 2.24) is 0 Å². The summed E-state index contributed by atoms with van der Waals surface area (Å²) in [5.74, 6) is -0.659. The van der Waals surface area contributed by atoms with Crippen molar-refractivity contribution in [2.75, 3.05) is 10.6 Å². The van der Waals surface area contributed by atoms with Crippen LogP contribution < -0.4 is 10.6 Å². The molecule has 0 spiro atoms. The first-order valence-electron chi connectivity index (χ1n) is 15.4. The lowest BCUT2D eigenvalue weighted by Gasteiger charge is -2.15. The number of anilines is 2. The summed E-state index contributed by atoms with van der Waals surface area (Å²) >= 11 is 0. The number of urea groups is 1. The van der Waals surface area contributed by atoms with E-state index in [9.17, 15) is 32.8 Å². The molecular formula is C37H29N6O7S-. The molecule has 0 atom stereocenters. The van der Waals surface area contributed by atoms with E-state index in [-0.39, 0.29) is 34.4 Å². The van der Waals surface area contributed by atoms with Crippen LogP contribution in [0.25, 0.3) is 21.5 Å². The molecule has 13 nitrogen and oxygen atoms in total. The van der Waals surface area contributed by atoms with Crippen molar-refractivity contribution in [2.24, 2.45) is 20.5 Å². The Balaban J connectivity index is 1.22. The molecule has 0 aliphatic heterocycles. The van der Waals surface area contributed by atoms with Crippen molar-refractivity contribution in [1.29, 1.82) is 0 Å². The van der Waals surface area contributed by atoms with E-state index in [1.165, 1.54) is 25.1 Å². The Labute approximate surface area is 291 Å². The molecule has 6 aromatic carbocycles. The molecule has 0 aliphatic rings. The van der Waals surface area contributed by atoms with Gasteiger partial charge in [-0.15, -0.1) is 10.2 Å². The number of rotatable bonds is 9. The highest BCUT2D eigenvalue weighted by molar-refractivity contribution is 7.86. The average Bonchev–Trinajstić information content (AvgIpc) is 3.08. The van der Waals surface area contributed by atoms with Crippen LogP contribution in [0.1, 0.15) is 18.1 Å². The zero-order chi connectivity index (χ0) is 36.3. The van der Waals surface area contributed by atoms with E-state index in [0.717, 1.165) is 11.6 Å². The van der Waals surface area contributed by atoms with Gasteiger partial charge >= 0.3 is 6.03 Å². The van der Waals surface area contributed by atoms with Crippen LogP contribution in [0.15, 0.2) is 128 Å². The summed E-state index contributed by atoms with van der Waals surface area (Å²) in [7, 11) is -5.12. The van der Waals surface area contributed by atoms with E-state index in [1.54, 1.807) is 61.5 Å². The molecule has 4 N–H and O–H groups in total. The Morgan fingerprint density at radius 3 is 1.78 bits per heavy atom. The Kier molecular flexibility index (Phi) is 9.53. The molecule has 6 aromatic rings. The predicted octanol–water partition coefficient (Wildman–Crippen LogP) is 9.22. The number of phenolic OH excluding ortho intramolecular Hbond substituents is 2. The zero-order valence-corrected chi connectivity index (χ0v) is 28.0. The van der Waals surface area contributed by atoms with Gasteiger partial charge in [-0.3, -0.25) is 4.79 Å². The first-order chi connectivity index (χ1) is 24.4. The van der Waals surface area contributed by atoms with E-state index >= 15 is 0 Å². The molecule has 6 rings (SSSR count). The molecule has 51 heavy (non-hydrogen) atoms. The van der Waals surface area contributed by atoms with E-state index in [2.05, 4.69) is 31.1 Å². The molecule has 0 aliphatic carbocycles. The van der Waals surface area contributed by atoms with Gasteiger partial charge in [0.15, 0.2) is 11.5 Å². The number of Topliss-reactive ketones (excluding diaryl/α,β-unsaturated/α-hetero) is 1. The molecule has 0 fully saturated rings. The number of azo groups is 2. The minimum absolute atomic E-state index is 0.0184. The van der Waals surface area contributed by atoms with Gasteiger partial charge in [0.1, 0.15) is 27.3 Å². The molecule has 2 amide bonds. The molecular weight excluding hydrogens is 673 g/mol. The number of carbonyl (C=O) groups is 2. The lowest BCUT2D eigenvalue weighted by molar-refractivity contribution is -0.116. The number of phenols is 2. The van der Waals surface area contributed by atoms with Crippen molar-refractivity contribution in [3.8, 4) is 11.5 Å². The number of hydrogen-bond donors (Lipinski definition) is 4. The highest BCUT2D eigenvalue weighted by Gasteiger charge is 2.19. The second-order valence-electron chi connectivity index (χ2n) is 11.6. The predicted molar refractivity (Wildman–Crippen MR) is 192 cm³/mol. The number of benzene rings is 6. The smallest absolute Gasteiger partial charge is 0.323 e. The number of aromatic hydroxyl groups is 2. The first-order valence-corrected chi connectivity index (χ1v) is 16.8. The standard InChI is InChI=1S/C37H30N6O7S/c1-21-16-24-18-28(12-14-30(24)35(45)33(21)42-40-26-6-4-3-5-7-26)38-37(47)39-29-13-15-31-25(19-29)20-32(51(48,49)50)34(36(31)46)43-41-27-10-8-23(9-11-27)17-22(2)44/h3-16,18-20,45-46H,17H2,1-2H3,(H2,38,39,47)(H,48,49,50)/p-1. The highest BCUT2D eigenvalue weighted by Crippen LogP contribution is 2.42. The molecule has 0 saturated heterocycles. The fourth-order valence-corrected chi connectivity index (χ4v) is 6.05. The molecule has 0 aromatic heterocycles. The van der Waals surface area contributed by atoms with Gasteiger partial charge in [-0.25, -0.2) is 13.2 Å². The van der Waals surface area contributed by atoms with Gasteiger partial charge in [0.05, 0.1) is 16.3 Å². The lowest BCUT2D eigenvalue weighted by atomic mass is 10.0. The summed E-state index contributed by atoms with van der Waals surface area (Å²) < 4.78 is 36.6. The SMILES string of the molecule is CC(=O)Cc1ccc(N=Nc2c(S(=O)(=O)[O-])cc3cc(NC(=O)Nc4ccc5c(O)c(N=Nc6ccccc6)c(C)cc5c4)ccc3c2O)cc1. The van der Waals surface area contributed by atoms with Crippen LogP contribution in [0, 0.1) is 6.92 Å². The van der Waals surface area contributed by atoms with Gasteiger partial charge in [-0.1, -0.05) is 30.3 Å². The van der Waals surface area contributed by atoms with Gasteiger partial charge < -0.3 is 25.4 Å². The third kappa shape index (κ3) is 7.88. The maximum Gasteiger partial charge on any atom is 0.323 e. The van der Waals surface area contributed by atoms with Crippen molar-refractivity contribution in [3.05, 3.63) is 114 Å². The number of nitrogens with one attached hydrogen (secondary N) is 2. The van der Waals surface area contributed by atoms with Crippen molar-refractivity contribution in [3.63, 3.8) is 0 Å². The zero-order valence-electron chi connectivity index (χ0n) is 27.2. The summed E-state index contributed by atoms with van der Waals surface area (Å²) in [6.45, 7) is 3.25. The third-order valence-corrected chi connectivity index (χ3v) is 8.64. The van der Waals surface area contributed by atoms with Crippen LogP contribution in [0.3, 0.4) is 0 Å². The van der Waals surface area contributed by atoms with Gasteiger partial charge in [0.2, 0.25) is 0 Å². The molecule has 0 radical (unpaired) electrons. The molecule has 0 bridgehead atoms. The van der Waals surface area contributed by atoms with Crippen LogP contribution in [0.4, 0.5) is 38.9 Å². The number of ketones is 1. The van der Waals surface area contributed by atoms with Crippen molar-refractivity contribution < 1.29 is 32.8 Å². The summed E-state index contributed by atoms with van der Waals surface area (Å²) in [6, 6.07) is 27.0. The molecule has 0 unspecified atom stereocenters. The number of nitrogens with zero attached hydrogens (tertiary/aromatic N) is 4. The van der Waals surface area contributed by atoms with E-state index in [0.29, 0.717) is 39.1 Å². The monoisotopic (exact) mass is 701 g/mol. The maximum atomic E-state index is 13.0. The quantitative estimate of drug-likeness (QED) is 0.0848. The van der Waals surface area contributed by atoms with Crippen LogP contribution >= 0.6 is 0 Å². The Hall–Kier alpha value is -6.51. The van der Waals surface area contributed by atoms with Crippen molar-refractivity contribution >= 4 is 77.6 Å². The fourth-order valence-electron chi connectivity index (χ4n) is 5.41. The van der Waals surface area contributed by atoms with Gasteiger partial charge in [-0.2, -0.15) is 10.2 Å². The van der Waals surface area contributed by atoms with E-state index < -0.39 is 32.5 Å². The topological polar surface area (TPSA) is 205 Å². The van der Waals surface area contributed by atoms with Gasteiger partial charge in [-0.05, 0) is 109 Å². The second-order valence-corrected chi connectivity index (χ2v) is 13.0. The summed E-state index contributed by atoms with van der Waals surface area (Å²) in [6.07, 6.45) is 0.236. The fraction of sp³-hybridized carbons (Fsp3) is 0.0811. The molecule has 256 valence electrons. The Bertz CT molecular complexity index is 2500. The van der Waals surface area contributed by atoms with Gasteiger partial charge in [0.25, 0.3) is 0 Å². The first kappa shape index (κ1) is 34.4. The van der Waals surface area contributed by atoms with Crippen LogP contribution in [0.2, 0.25) is 0 Å². The Morgan fingerprint density at radius 2 is 1.22 bits per heavy atom. The van der Waals surface area contributed by atoms with Crippen LogP contribution in [-0.4, -0.2) is 35.0 Å². The highest BCUT2D eigenvalue weighted by atomic mass is 32.2. The van der Waals surface area contributed by atoms with Crippen LogP contribution in [0.5, 0.6) is 11.5 Å². The van der Waals surface area contributed by atoms with E-state index in [4.69, 9.17) is 0 Å². The molecule has 0 heterocycles. The lowest BCUT2D eigenvalue weighted by Crippen LogP contribution is -2.19. The number of hydrogen-bond acceptors (Lipinski definition) is 11. The number of aryl methyl sites for hydroxylation is 1. The minimum Gasteiger partial charge on any atom is -0.744 e. The van der Waals surface area contributed by atoms with Gasteiger partial charge in [0, 0.05) is 28.6 Å². The minimum atomic E-state index is -5.12. The van der Waals surface area contributed by atoms with E-state index in [1.807, 2.05) is 24.3 Å².